The zero-order valence-electron chi connectivity index (χ0n) is 21.9. The molecule has 9 nitrogen and oxygen atoms in total. The molecule has 3 amide bonds. The summed E-state index contributed by atoms with van der Waals surface area (Å²) >= 11 is 0. The average molecular weight is 509 g/mol. The predicted molar refractivity (Wildman–Crippen MR) is 142 cm³/mol. The van der Waals surface area contributed by atoms with Crippen LogP contribution in [0.5, 0.6) is 11.6 Å². The minimum atomic E-state index is -0.420. The molecular formula is C28H36N4O5. The number of nitrogens with zero attached hydrogens (tertiary/aromatic N) is 3. The summed E-state index contributed by atoms with van der Waals surface area (Å²) < 4.78 is 11.5. The normalized spacial score (nSPS) is 20.2. The Labute approximate surface area is 218 Å². The van der Waals surface area contributed by atoms with E-state index in [4.69, 9.17) is 9.47 Å². The van der Waals surface area contributed by atoms with Gasteiger partial charge in [-0.1, -0.05) is 13.0 Å². The lowest BCUT2D eigenvalue weighted by molar-refractivity contribution is 0.0356. The maximum Gasteiger partial charge on any atom is 0.321 e. The van der Waals surface area contributed by atoms with E-state index >= 15 is 0 Å². The van der Waals surface area contributed by atoms with Crippen molar-refractivity contribution in [3.8, 4) is 11.6 Å². The second-order valence-electron chi connectivity index (χ2n) is 9.86. The summed E-state index contributed by atoms with van der Waals surface area (Å²) in [7, 11) is 3.30. The number of hydrogen-bond donors (Lipinski definition) is 2. The van der Waals surface area contributed by atoms with Crippen LogP contribution in [0.3, 0.4) is 0 Å². The lowest BCUT2D eigenvalue weighted by Crippen LogP contribution is -2.50. The van der Waals surface area contributed by atoms with Crippen molar-refractivity contribution in [2.45, 2.75) is 45.3 Å². The lowest BCUT2D eigenvalue weighted by atomic mass is 9.99. The van der Waals surface area contributed by atoms with Gasteiger partial charge in [0.25, 0.3) is 5.91 Å². The minimum Gasteiger partial charge on any atom is -0.497 e. The van der Waals surface area contributed by atoms with E-state index in [1.54, 1.807) is 54.4 Å². The number of anilines is 1. The van der Waals surface area contributed by atoms with Gasteiger partial charge in [-0.05, 0) is 67.7 Å². The minimum absolute atomic E-state index is 0.124. The molecule has 0 fully saturated rings. The molecular weight excluding hydrogens is 472 g/mol. The molecule has 1 aromatic heterocycles. The standard InChI is InChI=1S/C28H36N4O5/c1-18-15-32(19(2)17-33)27(34)24-13-21(20-7-5-6-8-20)14-29-26(24)37-25(18)16-31(3)28(35)30-22-9-11-23(36-4)12-10-22/h7,9-14,18-19,25,33H,5-6,8,15-17H2,1-4H3,(H,30,35)/t18-,19+,25+/m1/s1. The number of ether oxygens (including phenoxy) is 2. The van der Waals surface area contributed by atoms with E-state index in [0.29, 0.717) is 23.5 Å². The fourth-order valence-electron chi connectivity index (χ4n) is 4.67. The summed E-state index contributed by atoms with van der Waals surface area (Å²) in [5, 5.41) is 12.7. The van der Waals surface area contributed by atoms with Crippen LogP contribution >= 0.6 is 0 Å². The summed E-state index contributed by atoms with van der Waals surface area (Å²) in [4.78, 5) is 34.3. The molecule has 2 aromatic rings. The van der Waals surface area contributed by atoms with Crippen LogP contribution < -0.4 is 14.8 Å². The molecule has 0 spiro atoms. The maximum absolute atomic E-state index is 13.6. The third kappa shape index (κ3) is 6.05. The van der Waals surface area contributed by atoms with Gasteiger partial charge in [-0.25, -0.2) is 9.78 Å². The first-order valence-corrected chi connectivity index (χ1v) is 12.7. The molecule has 9 heteroatoms. The molecule has 1 aliphatic heterocycles. The van der Waals surface area contributed by atoms with Crippen LogP contribution in [0, 0.1) is 5.92 Å². The summed E-state index contributed by atoms with van der Waals surface area (Å²) in [6.45, 7) is 4.32. The molecule has 0 unspecified atom stereocenters. The lowest BCUT2D eigenvalue weighted by Gasteiger charge is -2.37. The van der Waals surface area contributed by atoms with Gasteiger partial charge < -0.3 is 29.7 Å². The number of urea groups is 1. The Balaban J connectivity index is 1.57. The summed E-state index contributed by atoms with van der Waals surface area (Å²) in [5.41, 5.74) is 3.14. The molecule has 2 heterocycles. The second kappa shape index (κ2) is 11.6. The Morgan fingerprint density at radius 1 is 1.35 bits per heavy atom. The molecule has 0 radical (unpaired) electrons. The highest BCUT2D eigenvalue weighted by molar-refractivity contribution is 5.97. The molecule has 3 atom stereocenters. The number of nitrogens with one attached hydrogen (secondary N) is 1. The van der Waals surface area contributed by atoms with E-state index in [1.165, 1.54) is 5.57 Å². The Morgan fingerprint density at radius 2 is 2.11 bits per heavy atom. The van der Waals surface area contributed by atoms with Crippen LogP contribution in [-0.2, 0) is 0 Å². The van der Waals surface area contributed by atoms with Crippen LogP contribution in [0.15, 0.2) is 42.6 Å². The number of carbonyl (C=O) groups is 2. The molecule has 2 aliphatic rings. The zero-order chi connectivity index (χ0) is 26.5. The van der Waals surface area contributed by atoms with E-state index in [0.717, 1.165) is 24.8 Å². The van der Waals surface area contributed by atoms with Crippen LogP contribution in [-0.4, -0.2) is 77.8 Å². The number of aromatic nitrogens is 1. The number of aliphatic hydroxyl groups is 1. The first-order valence-electron chi connectivity index (χ1n) is 12.7. The number of methoxy groups -OCH3 is 1. The van der Waals surface area contributed by atoms with Gasteiger partial charge in [0.2, 0.25) is 5.88 Å². The third-order valence-electron chi connectivity index (χ3n) is 7.07. The van der Waals surface area contributed by atoms with Crippen LogP contribution in [0.1, 0.15) is 49.0 Å². The summed E-state index contributed by atoms with van der Waals surface area (Å²) in [6.07, 6.45) is 6.60. The van der Waals surface area contributed by atoms with Crippen molar-refractivity contribution in [1.29, 1.82) is 0 Å². The number of rotatable bonds is 7. The Hall–Kier alpha value is -3.59. The zero-order valence-corrected chi connectivity index (χ0v) is 21.9. The predicted octanol–water partition coefficient (Wildman–Crippen LogP) is 4.04. The second-order valence-corrected chi connectivity index (χ2v) is 9.86. The molecule has 1 aliphatic carbocycles. The highest BCUT2D eigenvalue weighted by atomic mass is 16.5. The quantitative estimate of drug-likeness (QED) is 0.585. The fourth-order valence-corrected chi connectivity index (χ4v) is 4.67. The van der Waals surface area contributed by atoms with Gasteiger partial charge in [-0.15, -0.1) is 0 Å². The highest BCUT2D eigenvalue weighted by Gasteiger charge is 2.35. The first kappa shape index (κ1) is 26.5. The highest BCUT2D eigenvalue weighted by Crippen LogP contribution is 2.32. The topological polar surface area (TPSA) is 104 Å². The summed E-state index contributed by atoms with van der Waals surface area (Å²) in [6, 6.07) is 8.31. The van der Waals surface area contributed by atoms with Gasteiger partial charge >= 0.3 is 6.03 Å². The van der Waals surface area contributed by atoms with E-state index < -0.39 is 6.10 Å². The van der Waals surface area contributed by atoms with Crippen molar-refractivity contribution < 1.29 is 24.2 Å². The molecule has 0 saturated carbocycles. The van der Waals surface area contributed by atoms with Crippen molar-refractivity contribution in [2.75, 3.05) is 39.2 Å². The number of carbonyl (C=O) groups excluding carboxylic acids is 2. The van der Waals surface area contributed by atoms with Gasteiger partial charge in [-0.3, -0.25) is 4.79 Å². The van der Waals surface area contributed by atoms with Crippen molar-refractivity contribution >= 4 is 23.2 Å². The van der Waals surface area contributed by atoms with Crippen LogP contribution in [0.25, 0.3) is 5.57 Å². The molecule has 0 saturated heterocycles. The number of amides is 3. The Bertz CT molecular complexity index is 1150. The average Bonchev–Trinajstić information content (AvgIpc) is 3.45. The number of hydrogen-bond acceptors (Lipinski definition) is 6. The van der Waals surface area contributed by atoms with Crippen LogP contribution in [0.4, 0.5) is 10.5 Å². The first-order chi connectivity index (χ1) is 17.8. The molecule has 0 bridgehead atoms. The number of pyridine rings is 1. The Morgan fingerprint density at radius 3 is 2.76 bits per heavy atom. The molecule has 4 rings (SSSR count). The van der Waals surface area contributed by atoms with Crippen LogP contribution in [0.2, 0.25) is 0 Å². The van der Waals surface area contributed by atoms with Gasteiger partial charge in [-0.2, -0.15) is 0 Å². The van der Waals surface area contributed by atoms with Gasteiger partial charge in [0.05, 0.1) is 26.3 Å². The van der Waals surface area contributed by atoms with Gasteiger partial charge in [0, 0.05) is 31.4 Å². The number of fused-ring (bicyclic) bond motifs is 1. The molecule has 37 heavy (non-hydrogen) atoms. The Kier molecular flexibility index (Phi) is 8.33. The summed E-state index contributed by atoms with van der Waals surface area (Å²) in [5.74, 6) is 0.627. The third-order valence-corrected chi connectivity index (χ3v) is 7.07. The van der Waals surface area contributed by atoms with Crippen molar-refractivity contribution in [3.63, 3.8) is 0 Å². The van der Waals surface area contributed by atoms with E-state index in [9.17, 15) is 14.7 Å². The monoisotopic (exact) mass is 508 g/mol. The van der Waals surface area contributed by atoms with E-state index in [-0.39, 0.29) is 42.9 Å². The molecule has 198 valence electrons. The number of benzene rings is 1. The molecule has 2 N–H and O–H groups in total. The number of allylic oxidation sites excluding steroid dienone is 2. The smallest absolute Gasteiger partial charge is 0.321 e. The largest absolute Gasteiger partial charge is 0.497 e. The SMILES string of the molecule is COc1ccc(NC(=O)N(C)C[C@@H]2Oc3ncc(C4=CCCC4)cc3C(=O)N([C@@H](C)CO)C[C@H]2C)cc1. The van der Waals surface area contributed by atoms with Crippen molar-refractivity contribution in [3.05, 3.63) is 53.7 Å². The van der Waals surface area contributed by atoms with Gasteiger partial charge in [0.1, 0.15) is 17.4 Å². The number of aliphatic hydroxyl groups excluding tert-OH is 1. The van der Waals surface area contributed by atoms with Gasteiger partial charge in [0.15, 0.2) is 0 Å². The molecule has 1 aromatic carbocycles. The fraction of sp³-hybridized carbons (Fsp3) is 0.464. The van der Waals surface area contributed by atoms with E-state index in [2.05, 4.69) is 16.4 Å². The maximum atomic E-state index is 13.6. The van der Waals surface area contributed by atoms with Crippen molar-refractivity contribution in [1.82, 2.24) is 14.8 Å². The number of likely N-dealkylation sites (N-methyl/N-ethyl adjacent to an activating group) is 1. The van der Waals surface area contributed by atoms with Crippen molar-refractivity contribution in [2.24, 2.45) is 5.92 Å². The van der Waals surface area contributed by atoms with E-state index in [1.807, 2.05) is 19.9 Å².